The van der Waals surface area contributed by atoms with E-state index in [4.69, 9.17) is 9.47 Å². The van der Waals surface area contributed by atoms with Crippen LogP contribution in [0, 0.1) is 0 Å². The van der Waals surface area contributed by atoms with E-state index in [1.807, 2.05) is 0 Å². The van der Waals surface area contributed by atoms with Crippen LogP contribution >= 0.6 is 0 Å². The van der Waals surface area contributed by atoms with Crippen molar-refractivity contribution in [1.29, 1.82) is 0 Å². The maximum absolute atomic E-state index is 5.70. The molecule has 0 amide bonds. The third kappa shape index (κ3) is 10.2. The summed E-state index contributed by atoms with van der Waals surface area (Å²) in [4.78, 5) is 9.88. The molecule has 0 N–H and O–H groups in total. The summed E-state index contributed by atoms with van der Waals surface area (Å²) in [7, 11) is 4.42. The van der Waals surface area contributed by atoms with E-state index in [9.17, 15) is 0 Å². The molecule has 6 heteroatoms. The summed E-state index contributed by atoms with van der Waals surface area (Å²) in [6.07, 6.45) is 5.47. The molecule has 2 aliphatic heterocycles. The van der Waals surface area contributed by atoms with E-state index in [-0.39, 0.29) is 0 Å². The summed E-state index contributed by atoms with van der Waals surface area (Å²) in [5, 5.41) is 0. The van der Waals surface area contributed by atoms with Gasteiger partial charge in [-0.05, 0) is 66.0 Å². The van der Waals surface area contributed by atoms with Crippen molar-refractivity contribution in [3.63, 3.8) is 0 Å². The monoisotopic (exact) mass is 370 g/mol. The highest BCUT2D eigenvalue weighted by molar-refractivity contribution is 4.68. The molecule has 0 radical (unpaired) electrons. The molecule has 2 aliphatic rings. The van der Waals surface area contributed by atoms with Crippen LogP contribution < -0.4 is 0 Å². The van der Waals surface area contributed by atoms with Crippen LogP contribution in [0.25, 0.3) is 0 Å². The minimum absolute atomic E-state index is 0.712. The van der Waals surface area contributed by atoms with Crippen LogP contribution in [-0.2, 0) is 9.47 Å². The van der Waals surface area contributed by atoms with Gasteiger partial charge in [0.15, 0.2) is 0 Å². The van der Waals surface area contributed by atoms with Crippen LogP contribution in [0.15, 0.2) is 0 Å². The highest BCUT2D eigenvalue weighted by atomic mass is 16.5. The summed E-state index contributed by atoms with van der Waals surface area (Å²) in [5.41, 5.74) is 0. The SMILES string of the molecule is CN(CCOCCOCCN1CCCC1)CCN(C)CCN1CCCC1. The molecule has 0 aromatic heterocycles. The van der Waals surface area contributed by atoms with E-state index in [0.29, 0.717) is 6.61 Å². The van der Waals surface area contributed by atoms with Gasteiger partial charge in [-0.2, -0.15) is 0 Å². The van der Waals surface area contributed by atoms with Crippen molar-refractivity contribution in [2.75, 3.05) is 106 Å². The van der Waals surface area contributed by atoms with Gasteiger partial charge in [-0.25, -0.2) is 0 Å². The molecule has 0 atom stereocenters. The molecule has 26 heavy (non-hydrogen) atoms. The average molecular weight is 371 g/mol. The normalized spacial score (nSPS) is 19.4. The zero-order valence-corrected chi connectivity index (χ0v) is 17.3. The molecule has 0 aliphatic carbocycles. The zero-order chi connectivity index (χ0) is 18.5. The quantitative estimate of drug-likeness (QED) is 0.401. The van der Waals surface area contributed by atoms with E-state index >= 15 is 0 Å². The van der Waals surface area contributed by atoms with Crippen LogP contribution in [0.5, 0.6) is 0 Å². The number of hydrogen-bond donors (Lipinski definition) is 0. The van der Waals surface area contributed by atoms with Crippen molar-refractivity contribution in [1.82, 2.24) is 19.6 Å². The third-order valence-corrected chi connectivity index (χ3v) is 5.60. The Morgan fingerprint density at radius 1 is 0.577 bits per heavy atom. The topological polar surface area (TPSA) is 31.4 Å². The predicted octanol–water partition coefficient (Wildman–Crippen LogP) is 1.07. The van der Waals surface area contributed by atoms with Gasteiger partial charge in [-0.1, -0.05) is 0 Å². The molecule has 2 heterocycles. The smallest absolute Gasteiger partial charge is 0.0701 e. The van der Waals surface area contributed by atoms with Crippen LogP contribution in [-0.4, -0.2) is 126 Å². The predicted molar refractivity (Wildman–Crippen MR) is 108 cm³/mol. The molecule has 2 fully saturated rings. The fourth-order valence-corrected chi connectivity index (χ4v) is 3.63. The van der Waals surface area contributed by atoms with Crippen LogP contribution in [0.4, 0.5) is 0 Å². The molecule has 0 saturated carbocycles. The van der Waals surface area contributed by atoms with Crippen molar-refractivity contribution in [2.24, 2.45) is 0 Å². The number of rotatable bonds is 15. The zero-order valence-electron chi connectivity index (χ0n) is 17.3. The summed E-state index contributed by atoms with van der Waals surface area (Å²) in [6, 6.07) is 0. The van der Waals surface area contributed by atoms with Gasteiger partial charge < -0.3 is 29.1 Å². The van der Waals surface area contributed by atoms with Gasteiger partial charge in [0.05, 0.1) is 26.4 Å². The fourth-order valence-electron chi connectivity index (χ4n) is 3.63. The largest absolute Gasteiger partial charge is 0.378 e. The van der Waals surface area contributed by atoms with Crippen LogP contribution in [0.1, 0.15) is 25.7 Å². The first-order valence-corrected chi connectivity index (χ1v) is 10.7. The Balaban J connectivity index is 1.32. The molecule has 0 bridgehead atoms. The Bertz CT molecular complexity index is 334. The molecule has 0 aromatic carbocycles. The van der Waals surface area contributed by atoms with E-state index < -0.39 is 0 Å². The van der Waals surface area contributed by atoms with Crippen molar-refractivity contribution in [3.05, 3.63) is 0 Å². The molecule has 0 unspecified atom stereocenters. The lowest BCUT2D eigenvalue weighted by atomic mass is 10.4. The standard InChI is InChI=1S/C20H42N4O2/c1-21(13-14-23-7-3-4-8-23)11-12-22(2)15-17-25-19-20-26-18-16-24-9-5-6-10-24/h3-20H2,1-2H3. The molecular weight excluding hydrogens is 328 g/mol. The lowest BCUT2D eigenvalue weighted by Crippen LogP contribution is -2.36. The Morgan fingerprint density at radius 2 is 1.08 bits per heavy atom. The minimum Gasteiger partial charge on any atom is -0.378 e. The summed E-state index contributed by atoms with van der Waals surface area (Å²) >= 11 is 0. The number of ether oxygens (including phenoxy) is 2. The molecular formula is C20H42N4O2. The van der Waals surface area contributed by atoms with E-state index in [1.165, 1.54) is 65.0 Å². The van der Waals surface area contributed by atoms with Gasteiger partial charge in [0.2, 0.25) is 0 Å². The summed E-state index contributed by atoms with van der Waals surface area (Å²) in [5.74, 6) is 0. The number of nitrogens with zero attached hydrogens (tertiary/aromatic N) is 4. The van der Waals surface area contributed by atoms with Gasteiger partial charge in [-0.3, -0.25) is 0 Å². The highest BCUT2D eigenvalue weighted by Gasteiger charge is 2.12. The second-order valence-electron chi connectivity index (χ2n) is 7.93. The second-order valence-corrected chi connectivity index (χ2v) is 7.93. The minimum atomic E-state index is 0.712. The summed E-state index contributed by atoms with van der Waals surface area (Å²) in [6.45, 7) is 14.9. The number of likely N-dealkylation sites (N-methyl/N-ethyl adjacent to an activating group) is 2. The van der Waals surface area contributed by atoms with Crippen molar-refractivity contribution >= 4 is 0 Å². The van der Waals surface area contributed by atoms with Crippen molar-refractivity contribution in [3.8, 4) is 0 Å². The fraction of sp³-hybridized carbons (Fsp3) is 1.00. The van der Waals surface area contributed by atoms with E-state index in [2.05, 4.69) is 33.7 Å². The third-order valence-electron chi connectivity index (χ3n) is 5.60. The molecule has 0 aromatic rings. The average Bonchev–Trinajstić information content (AvgIpc) is 3.34. The maximum atomic E-state index is 5.70. The first-order valence-electron chi connectivity index (χ1n) is 10.7. The van der Waals surface area contributed by atoms with Gasteiger partial charge in [0.1, 0.15) is 0 Å². The Labute approximate surface area is 161 Å². The van der Waals surface area contributed by atoms with Gasteiger partial charge in [-0.15, -0.1) is 0 Å². The lowest BCUT2D eigenvalue weighted by molar-refractivity contribution is 0.0344. The second kappa shape index (κ2) is 13.9. The Morgan fingerprint density at radius 3 is 1.69 bits per heavy atom. The number of likely N-dealkylation sites (tertiary alicyclic amines) is 2. The van der Waals surface area contributed by atoms with E-state index in [0.717, 1.165) is 46.0 Å². The Hall–Kier alpha value is -0.240. The molecule has 6 nitrogen and oxygen atoms in total. The lowest BCUT2D eigenvalue weighted by Gasteiger charge is -2.24. The maximum Gasteiger partial charge on any atom is 0.0701 e. The van der Waals surface area contributed by atoms with Gasteiger partial charge in [0, 0.05) is 39.3 Å². The van der Waals surface area contributed by atoms with Gasteiger partial charge >= 0.3 is 0 Å². The molecule has 2 saturated heterocycles. The first-order chi connectivity index (χ1) is 12.7. The molecule has 2 rings (SSSR count). The van der Waals surface area contributed by atoms with Crippen molar-refractivity contribution < 1.29 is 9.47 Å². The highest BCUT2D eigenvalue weighted by Crippen LogP contribution is 2.06. The van der Waals surface area contributed by atoms with Crippen molar-refractivity contribution in [2.45, 2.75) is 25.7 Å². The van der Waals surface area contributed by atoms with Crippen LogP contribution in [0.2, 0.25) is 0 Å². The first kappa shape index (κ1) is 22.1. The van der Waals surface area contributed by atoms with E-state index in [1.54, 1.807) is 0 Å². The van der Waals surface area contributed by atoms with Crippen LogP contribution in [0.3, 0.4) is 0 Å². The number of hydrogen-bond acceptors (Lipinski definition) is 6. The Kier molecular flexibility index (Phi) is 11.8. The molecule has 0 spiro atoms. The van der Waals surface area contributed by atoms with Gasteiger partial charge in [0.25, 0.3) is 0 Å². The molecule has 154 valence electrons. The summed E-state index contributed by atoms with van der Waals surface area (Å²) < 4.78 is 11.4.